The fraction of sp³-hybridized carbons (Fsp3) is 0.552. The van der Waals surface area contributed by atoms with Crippen LogP contribution in [0.15, 0.2) is 42.5 Å². The van der Waals surface area contributed by atoms with Gasteiger partial charge in [-0.3, -0.25) is 4.79 Å². The van der Waals surface area contributed by atoms with Crippen molar-refractivity contribution < 1.29 is 27.1 Å². The third-order valence-electron chi connectivity index (χ3n) is 7.38. The number of nitrogens with one attached hydrogen (secondary N) is 3. The van der Waals surface area contributed by atoms with Gasteiger partial charge in [-0.1, -0.05) is 45.0 Å². The highest BCUT2D eigenvalue weighted by Gasteiger charge is 2.38. The van der Waals surface area contributed by atoms with E-state index in [0.29, 0.717) is 31.2 Å². The maximum absolute atomic E-state index is 13.8. The van der Waals surface area contributed by atoms with Gasteiger partial charge in [-0.15, -0.1) is 0 Å². The van der Waals surface area contributed by atoms with E-state index in [9.17, 15) is 27.1 Å². The van der Waals surface area contributed by atoms with Gasteiger partial charge in [-0.25, -0.2) is 21.9 Å². The number of carbonyl (C=O) groups excluding carboxylic acids is 1. The average molecular weight is 566 g/mol. The number of halogens is 2. The Morgan fingerprint density at radius 1 is 1.10 bits per heavy atom. The Morgan fingerprint density at radius 3 is 2.26 bits per heavy atom. The zero-order valence-electron chi connectivity index (χ0n) is 23.4. The predicted octanol–water partition coefficient (Wildman–Crippen LogP) is 3.65. The highest BCUT2D eigenvalue weighted by molar-refractivity contribution is 7.88. The van der Waals surface area contributed by atoms with Gasteiger partial charge in [-0.05, 0) is 66.3 Å². The van der Waals surface area contributed by atoms with Gasteiger partial charge in [0.15, 0.2) is 0 Å². The molecule has 2 atom stereocenters. The van der Waals surface area contributed by atoms with Crippen molar-refractivity contribution in [3.8, 4) is 0 Å². The van der Waals surface area contributed by atoms with Crippen molar-refractivity contribution in [2.45, 2.75) is 88.9 Å². The Morgan fingerprint density at radius 2 is 1.72 bits per heavy atom. The first kappa shape index (κ1) is 31.1. The number of carbonyl (C=O) groups is 1. The van der Waals surface area contributed by atoms with Crippen LogP contribution in [-0.2, 0) is 32.2 Å². The Kier molecular flexibility index (Phi) is 9.91. The van der Waals surface area contributed by atoms with E-state index in [1.807, 2.05) is 12.1 Å². The van der Waals surface area contributed by atoms with E-state index in [4.69, 9.17) is 0 Å². The molecule has 0 aromatic heterocycles. The molecule has 0 saturated heterocycles. The van der Waals surface area contributed by atoms with Crippen LogP contribution in [0, 0.1) is 11.6 Å². The highest BCUT2D eigenvalue weighted by atomic mass is 32.2. The van der Waals surface area contributed by atoms with Gasteiger partial charge in [-0.2, -0.15) is 0 Å². The van der Waals surface area contributed by atoms with E-state index in [0.717, 1.165) is 23.4 Å². The highest BCUT2D eigenvalue weighted by Crippen LogP contribution is 2.39. The minimum absolute atomic E-state index is 0.0456. The first-order valence-electron chi connectivity index (χ1n) is 13.3. The number of rotatable bonds is 10. The summed E-state index contributed by atoms with van der Waals surface area (Å²) < 4.78 is 53.9. The number of aliphatic hydroxyl groups excluding tert-OH is 1. The van der Waals surface area contributed by atoms with Crippen molar-refractivity contribution in [2.24, 2.45) is 0 Å². The molecule has 3 rings (SSSR count). The summed E-state index contributed by atoms with van der Waals surface area (Å²) in [6.07, 6.45) is 2.60. The number of amides is 1. The molecule has 0 bridgehead atoms. The van der Waals surface area contributed by atoms with Crippen molar-refractivity contribution in [3.05, 3.63) is 70.8 Å². The lowest BCUT2D eigenvalue weighted by Gasteiger charge is -2.43. The lowest BCUT2D eigenvalue weighted by atomic mass is 9.73. The van der Waals surface area contributed by atoms with Crippen LogP contribution in [0.25, 0.3) is 0 Å². The summed E-state index contributed by atoms with van der Waals surface area (Å²) in [5.74, 6) is -1.82. The normalized spacial score (nSPS) is 21.8. The number of benzene rings is 2. The quantitative estimate of drug-likeness (QED) is 0.352. The van der Waals surface area contributed by atoms with Gasteiger partial charge in [0.25, 0.3) is 0 Å². The van der Waals surface area contributed by atoms with E-state index < -0.39 is 39.3 Å². The van der Waals surface area contributed by atoms with Gasteiger partial charge < -0.3 is 15.7 Å². The van der Waals surface area contributed by atoms with Gasteiger partial charge in [0.2, 0.25) is 15.9 Å². The zero-order valence-corrected chi connectivity index (χ0v) is 24.2. The van der Waals surface area contributed by atoms with E-state index in [1.165, 1.54) is 19.1 Å². The molecular weight excluding hydrogens is 524 g/mol. The molecule has 0 radical (unpaired) electrons. The van der Waals surface area contributed by atoms with Crippen LogP contribution in [0.5, 0.6) is 0 Å². The number of hydrogen-bond acceptors (Lipinski definition) is 5. The topological polar surface area (TPSA) is 108 Å². The van der Waals surface area contributed by atoms with Crippen LogP contribution in [0.4, 0.5) is 8.78 Å². The van der Waals surface area contributed by atoms with Crippen LogP contribution in [0.2, 0.25) is 0 Å². The molecule has 2 aromatic rings. The third-order valence-corrected chi connectivity index (χ3v) is 8.14. The second-order valence-corrected chi connectivity index (χ2v) is 13.6. The summed E-state index contributed by atoms with van der Waals surface area (Å²) in [5.41, 5.74) is 1.91. The molecule has 2 aromatic carbocycles. The molecule has 0 aliphatic heterocycles. The lowest BCUT2D eigenvalue weighted by molar-refractivity contribution is -0.120. The molecule has 7 nitrogen and oxygen atoms in total. The fourth-order valence-electron chi connectivity index (χ4n) is 5.35. The molecule has 0 heterocycles. The second kappa shape index (κ2) is 12.4. The molecule has 1 saturated carbocycles. The molecule has 216 valence electrons. The zero-order chi connectivity index (χ0) is 29.0. The largest absolute Gasteiger partial charge is 0.390 e. The number of sulfonamides is 1. The summed E-state index contributed by atoms with van der Waals surface area (Å²) in [7, 11) is -3.34. The molecule has 0 spiro atoms. The van der Waals surface area contributed by atoms with E-state index >= 15 is 0 Å². The minimum atomic E-state index is -3.34. The molecular formula is C29H41F2N3O4S. The third kappa shape index (κ3) is 9.06. The number of hydrogen-bond donors (Lipinski definition) is 4. The summed E-state index contributed by atoms with van der Waals surface area (Å²) in [6, 6.07) is 10.5. The second-order valence-electron chi connectivity index (χ2n) is 11.8. The van der Waals surface area contributed by atoms with Gasteiger partial charge in [0.1, 0.15) is 11.6 Å². The Bertz CT molecular complexity index is 1240. The van der Waals surface area contributed by atoms with Crippen LogP contribution in [-0.4, -0.2) is 50.4 Å². The molecule has 1 amide bonds. The summed E-state index contributed by atoms with van der Waals surface area (Å²) >= 11 is 0. The standard InChI is InChI=1S/C29H41F2N3O4S/c1-19(35)33-26(15-20-13-23(30)17-24(31)14-20)27(36)18-32-29(11-9-25(10-12-29)34-39(5,37)38)22-8-6-7-21(16-22)28(2,3)4/h6-8,13-14,16-17,25-27,32,34,36H,9-12,15,18H2,1-5H3,(H,33,35)/t25?,26-,27+,29?/m0/s1. The van der Waals surface area contributed by atoms with Crippen LogP contribution < -0.4 is 15.4 Å². The maximum atomic E-state index is 13.8. The Labute approximate surface area is 230 Å². The average Bonchev–Trinajstić information content (AvgIpc) is 2.81. The van der Waals surface area contributed by atoms with Gasteiger partial charge in [0, 0.05) is 31.1 Å². The summed E-state index contributed by atoms with van der Waals surface area (Å²) in [4.78, 5) is 11.9. The molecule has 4 N–H and O–H groups in total. The molecule has 10 heteroatoms. The first-order valence-corrected chi connectivity index (χ1v) is 15.2. The van der Waals surface area contributed by atoms with Crippen molar-refractivity contribution in [2.75, 3.05) is 12.8 Å². The van der Waals surface area contributed by atoms with Crippen LogP contribution in [0.3, 0.4) is 0 Å². The van der Waals surface area contributed by atoms with Gasteiger partial charge in [0.05, 0.1) is 18.4 Å². The van der Waals surface area contributed by atoms with E-state index in [-0.39, 0.29) is 30.3 Å². The molecule has 1 aliphatic carbocycles. The van der Waals surface area contributed by atoms with Crippen molar-refractivity contribution in [1.29, 1.82) is 0 Å². The molecule has 0 unspecified atom stereocenters. The Hall–Kier alpha value is -2.40. The molecule has 39 heavy (non-hydrogen) atoms. The number of aliphatic hydroxyl groups is 1. The SMILES string of the molecule is CC(=O)N[C@@H](Cc1cc(F)cc(F)c1)[C@H](O)CNC1(c2cccc(C(C)(C)C)c2)CCC(NS(C)(=O)=O)CC1. The maximum Gasteiger partial charge on any atom is 0.217 e. The first-order chi connectivity index (χ1) is 18.1. The van der Waals surface area contributed by atoms with Crippen molar-refractivity contribution in [1.82, 2.24) is 15.4 Å². The van der Waals surface area contributed by atoms with Crippen LogP contribution in [0.1, 0.15) is 70.1 Å². The summed E-state index contributed by atoms with van der Waals surface area (Å²) in [5, 5.41) is 17.4. The minimum Gasteiger partial charge on any atom is -0.390 e. The van der Waals surface area contributed by atoms with Crippen molar-refractivity contribution in [3.63, 3.8) is 0 Å². The monoisotopic (exact) mass is 565 g/mol. The predicted molar refractivity (Wildman–Crippen MR) is 149 cm³/mol. The summed E-state index contributed by atoms with van der Waals surface area (Å²) in [6.45, 7) is 7.84. The van der Waals surface area contributed by atoms with Crippen molar-refractivity contribution >= 4 is 15.9 Å². The Balaban J connectivity index is 1.85. The van der Waals surface area contributed by atoms with E-state index in [1.54, 1.807) is 0 Å². The van der Waals surface area contributed by atoms with Gasteiger partial charge >= 0.3 is 0 Å². The molecule has 1 aliphatic rings. The fourth-order valence-corrected chi connectivity index (χ4v) is 6.19. The van der Waals surface area contributed by atoms with E-state index in [2.05, 4.69) is 48.3 Å². The lowest BCUT2D eigenvalue weighted by Crippen LogP contribution is -2.54. The van der Waals surface area contributed by atoms with Crippen LogP contribution >= 0.6 is 0 Å². The smallest absolute Gasteiger partial charge is 0.217 e. The molecule has 1 fully saturated rings.